The summed E-state index contributed by atoms with van der Waals surface area (Å²) in [4.78, 5) is 9.17. The molecule has 114 valence electrons. The topological polar surface area (TPSA) is 75.9 Å². The Balaban J connectivity index is 3.12. The van der Waals surface area contributed by atoms with E-state index in [0.29, 0.717) is 5.82 Å². The molecule has 0 saturated carbocycles. The van der Waals surface area contributed by atoms with Gasteiger partial charge in [-0.05, 0) is 18.8 Å². The molecule has 1 aromatic heterocycles. The van der Waals surface area contributed by atoms with Gasteiger partial charge in [0.1, 0.15) is 17.5 Å². The first-order valence-electron chi connectivity index (χ1n) is 7.20. The average Bonchev–Trinajstić information content (AvgIpc) is 2.36. The Bertz CT molecular complexity index is 460. The van der Waals surface area contributed by atoms with E-state index in [0.717, 1.165) is 30.2 Å². The van der Waals surface area contributed by atoms with Crippen LogP contribution in [0.4, 0.5) is 11.6 Å². The lowest BCUT2D eigenvalue weighted by Crippen LogP contribution is -2.25. The molecule has 0 spiro atoms. The van der Waals surface area contributed by atoms with Crippen LogP contribution in [-0.4, -0.2) is 16.5 Å². The Morgan fingerprint density at radius 1 is 1.05 bits per heavy atom. The zero-order valence-electron chi connectivity index (χ0n) is 13.9. The van der Waals surface area contributed by atoms with Crippen LogP contribution in [-0.2, 0) is 5.41 Å². The minimum atomic E-state index is -0.115. The lowest BCUT2D eigenvalue weighted by Gasteiger charge is -2.25. The van der Waals surface area contributed by atoms with Crippen LogP contribution in [0.3, 0.4) is 0 Å². The molecule has 0 aliphatic heterocycles. The summed E-state index contributed by atoms with van der Waals surface area (Å²) < 4.78 is 0. The summed E-state index contributed by atoms with van der Waals surface area (Å²) in [7, 11) is 0. The molecule has 0 atom stereocenters. The van der Waals surface area contributed by atoms with Crippen LogP contribution in [0.1, 0.15) is 59.4 Å². The van der Waals surface area contributed by atoms with Crippen LogP contribution in [0.2, 0.25) is 0 Å². The lowest BCUT2D eigenvalue weighted by molar-refractivity contribution is 0.376. The highest BCUT2D eigenvalue weighted by atomic mass is 15.3. The Kier molecular flexibility index (Phi) is 4.97. The molecular weight excluding hydrogens is 250 g/mol. The summed E-state index contributed by atoms with van der Waals surface area (Å²) in [6.07, 6.45) is 1.11. The molecular formula is C15H29N5. The minimum absolute atomic E-state index is 0.115. The summed E-state index contributed by atoms with van der Waals surface area (Å²) in [6, 6.07) is 0. The van der Waals surface area contributed by atoms with E-state index in [1.165, 1.54) is 0 Å². The molecule has 20 heavy (non-hydrogen) atoms. The highest BCUT2D eigenvalue weighted by Gasteiger charge is 2.22. The lowest BCUT2D eigenvalue weighted by atomic mass is 9.90. The van der Waals surface area contributed by atoms with E-state index in [1.807, 2.05) is 6.92 Å². The number of nitrogen functional groups attached to an aromatic ring is 1. The minimum Gasteiger partial charge on any atom is -0.369 e. The number of hydrazine groups is 1. The second-order valence-corrected chi connectivity index (χ2v) is 7.14. The monoisotopic (exact) mass is 279 g/mol. The summed E-state index contributed by atoms with van der Waals surface area (Å²) in [5, 5.41) is 3.44. The van der Waals surface area contributed by atoms with Crippen LogP contribution in [0.25, 0.3) is 0 Å². The van der Waals surface area contributed by atoms with E-state index in [1.54, 1.807) is 0 Å². The van der Waals surface area contributed by atoms with Gasteiger partial charge < -0.3 is 10.7 Å². The van der Waals surface area contributed by atoms with Crippen LogP contribution >= 0.6 is 0 Å². The fourth-order valence-electron chi connectivity index (χ4n) is 1.61. The maximum Gasteiger partial charge on any atom is 0.148 e. The maximum absolute atomic E-state index is 5.57. The van der Waals surface area contributed by atoms with E-state index >= 15 is 0 Å². The van der Waals surface area contributed by atoms with E-state index in [2.05, 4.69) is 62.3 Å². The number of nitrogens with zero attached hydrogens (tertiary/aromatic N) is 2. The molecule has 1 aromatic rings. The van der Waals surface area contributed by atoms with Crippen molar-refractivity contribution in [2.75, 3.05) is 17.3 Å². The van der Waals surface area contributed by atoms with Crippen LogP contribution in [0, 0.1) is 12.3 Å². The summed E-state index contributed by atoms with van der Waals surface area (Å²) in [5.74, 6) is 7.90. The van der Waals surface area contributed by atoms with Crippen molar-refractivity contribution < 1.29 is 0 Å². The summed E-state index contributed by atoms with van der Waals surface area (Å²) in [6.45, 7) is 15.8. The molecule has 0 fully saturated rings. The van der Waals surface area contributed by atoms with Gasteiger partial charge in [-0.1, -0.05) is 41.5 Å². The van der Waals surface area contributed by atoms with Gasteiger partial charge in [0, 0.05) is 17.5 Å². The number of hydrogen-bond acceptors (Lipinski definition) is 5. The third-order valence-corrected chi connectivity index (χ3v) is 3.64. The smallest absolute Gasteiger partial charge is 0.148 e. The zero-order chi connectivity index (χ0) is 15.6. The van der Waals surface area contributed by atoms with Crippen LogP contribution in [0.15, 0.2) is 0 Å². The summed E-state index contributed by atoms with van der Waals surface area (Å²) >= 11 is 0. The molecule has 5 nitrogen and oxygen atoms in total. The van der Waals surface area contributed by atoms with Gasteiger partial charge in [0.2, 0.25) is 0 Å². The van der Waals surface area contributed by atoms with Gasteiger partial charge in [-0.2, -0.15) is 0 Å². The van der Waals surface area contributed by atoms with E-state index in [9.17, 15) is 0 Å². The normalized spacial score (nSPS) is 12.4. The molecule has 1 heterocycles. The molecule has 1 rings (SSSR count). The van der Waals surface area contributed by atoms with Gasteiger partial charge >= 0.3 is 0 Å². The van der Waals surface area contributed by atoms with Gasteiger partial charge in [-0.15, -0.1) is 0 Å². The number of rotatable bonds is 5. The third-order valence-electron chi connectivity index (χ3n) is 3.64. The Morgan fingerprint density at radius 3 is 2.05 bits per heavy atom. The molecule has 0 aliphatic rings. The van der Waals surface area contributed by atoms with Gasteiger partial charge in [-0.3, -0.25) is 0 Å². The molecule has 0 amide bonds. The predicted molar refractivity (Wildman–Crippen MR) is 85.8 cm³/mol. The number of aromatic nitrogens is 2. The van der Waals surface area contributed by atoms with E-state index < -0.39 is 0 Å². The molecule has 0 unspecified atom stereocenters. The fraction of sp³-hybridized carbons (Fsp3) is 0.733. The highest BCUT2D eigenvalue weighted by molar-refractivity contribution is 5.57. The van der Waals surface area contributed by atoms with Crippen molar-refractivity contribution in [1.82, 2.24) is 9.97 Å². The first kappa shape index (κ1) is 16.7. The second kappa shape index (κ2) is 5.95. The molecule has 0 bridgehead atoms. The van der Waals surface area contributed by atoms with E-state index in [-0.39, 0.29) is 10.8 Å². The third kappa shape index (κ3) is 4.07. The van der Waals surface area contributed by atoms with Crippen molar-refractivity contribution >= 4 is 11.6 Å². The van der Waals surface area contributed by atoms with Crippen LogP contribution < -0.4 is 16.6 Å². The van der Waals surface area contributed by atoms with Crippen molar-refractivity contribution in [2.24, 2.45) is 11.3 Å². The molecule has 4 N–H and O–H groups in total. The van der Waals surface area contributed by atoms with Crippen molar-refractivity contribution in [3.05, 3.63) is 11.4 Å². The first-order valence-corrected chi connectivity index (χ1v) is 7.20. The van der Waals surface area contributed by atoms with Crippen LogP contribution in [0.5, 0.6) is 0 Å². The fourth-order valence-corrected chi connectivity index (χ4v) is 1.61. The van der Waals surface area contributed by atoms with Crippen molar-refractivity contribution in [1.29, 1.82) is 0 Å². The van der Waals surface area contributed by atoms with Gasteiger partial charge in [0.15, 0.2) is 0 Å². The van der Waals surface area contributed by atoms with Gasteiger partial charge in [-0.25, -0.2) is 15.8 Å². The SMILES string of the molecule is CCC(C)(C)CNc1nc(C(C)(C)C)nc(NN)c1C. The Morgan fingerprint density at radius 2 is 1.60 bits per heavy atom. The largest absolute Gasteiger partial charge is 0.369 e. The molecule has 0 radical (unpaired) electrons. The average molecular weight is 279 g/mol. The number of anilines is 2. The molecule has 5 heteroatoms. The Labute approximate surface area is 122 Å². The first-order chi connectivity index (χ1) is 9.10. The molecule has 0 aliphatic carbocycles. The van der Waals surface area contributed by atoms with Crippen molar-refractivity contribution in [2.45, 2.75) is 60.3 Å². The van der Waals surface area contributed by atoms with Gasteiger partial charge in [0.05, 0.1) is 0 Å². The van der Waals surface area contributed by atoms with Crippen molar-refractivity contribution in [3.8, 4) is 0 Å². The standard InChI is InChI=1S/C15H29N5/c1-8-15(6,7)9-17-11-10(2)12(20-16)19-13(18-11)14(3,4)5/h8-9,16H2,1-7H3,(H2,17,18,19,20). The van der Waals surface area contributed by atoms with Crippen molar-refractivity contribution in [3.63, 3.8) is 0 Å². The second-order valence-electron chi connectivity index (χ2n) is 7.14. The maximum atomic E-state index is 5.57. The van der Waals surface area contributed by atoms with Gasteiger partial charge in [0.25, 0.3) is 0 Å². The zero-order valence-corrected chi connectivity index (χ0v) is 13.9. The highest BCUT2D eigenvalue weighted by Crippen LogP contribution is 2.27. The quantitative estimate of drug-likeness (QED) is 0.570. The van der Waals surface area contributed by atoms with E-state index in [4.69, 9.17) is 5.84 Å². The predicted octanol–water partition coefficient (Wildman–Crippen LogP) is 3.22. The molecule has 0 saturated heterocycles. The number of nitrogens with two attached hydrogens (primary N) is 1. The number of nitrogens with one attached hydrogen (secondary N) is 2. The number of hydrogen-bond donors (Lipinski definition) is 3. The summed E-state index contributed by atoms with van der Waals surface area (Å²) in [5.41, 5.74) is 3.74. The molecule has 0 aromatic carbocycles. The Hall–Kier alpha value is -1.36.